The van der Waals surface area contributed by atoms with Gasteiger partial charge in [-0.2, -0.15) is 5.26 Å². The highest BCUT2D eigenvalue weighted by atomic mass is 16.5. The summed E-state index contributed by atoms with van der Waals surface area (Å²) in [5.41, 5.74) is 2.06. The van der Waals surface area contributed by atoms with Crippen LogP contribution >= 0.6 is 0 Å². The van der Waals surface area contributed by atoms with Crippen LogP contribution < -0.4 is 10.3 Å². The van der Waals surface area contributed by atoms with Crippen molar-refractivity contribution >= 4 is 5.97 Å². The molecule has 1 aromatic heterocycles. The summed E-state index contributed by atoms with van der Waals surface area (Å²) in [5, 5.41) is 9.04. The third-order valence-electron chi connectivity index (χ3n) is 4.16. The van der Waals surface area contributed by atoms with Crippen molar-refractivity contribution in [2.75, 3.05) is 6.61 Å². The fourth-order valence-electron chi connectivity index (χ4n) is 2.76. The molecule has 3 rings (SSSR count). The Morgan fingerprint density at radius 1 is 1.24 bits per heavy atom. The van der Waals surface area contributed by atoms with Crippen molar-refractivity contribution < 1.29 is 14.3 Å². The molecule has 0 spiro atoms. The van der Waals surface area contributed by atoms with Gasteiger partial charge in [0.05, 0.1) is 23.9 Å². The van der Waals surface area contributed by atoms with Crippen LogP contribution in [0.5, 0.6) is 5.75 Å². The number of nitriles is 1. The first-order valence-corrected chi connectivity index (χ1v) is 9.00. The topological polar surface area (TPSA) is 94.2 Å². The third kappa shape index (κ3) is 4.50. The molecule has 0 unspecified atom stereocenters. The highest BCUT2D eigenvalue weighted by Crippen LogP contribution is 2.24. The van der Waals surface area contributed by atoms with Crippen LogP contribution in [-0.4, -0.2) is 22.1 Å². The molecule has 0 radical (unpaired) electrons. The number of nitrogens with zero attached hydrogens (tertiary/aromatic N) is 3. The number of carbonyl (C=O) groups is 1. The molecule has 0 atom stereocenters. The van der Waals surface area contributed by atoms with Crippen LogP contribution in [0.4, 0.5) is 0 Å². The molecule has 0 N–H and O–H groups in total. The number of ether oxygens (including phenoxy) is 2. The summed E-state index contributed by atoms with van der Waals surface area (Å²) in [4.78, 5) is 28.8. The van der Waals surface area contributed by atoms with E-state index in [4.69, 9.17) is 14.7 Å². The van der Waals surface area contributed by atoms with Crippen molar-refractivity contribution in [3.8, 4) is 17.5 Å². The molecule has 0 aliphatic carbocycles. The minimum absolute atomic E-state index is 0.150. The second kappa shape index (κ2) is 8.85. The number of aromatic nitrogens is 2. The van der Waals surface area contributed by atoms with E-state index in [1.807, 2.05) is 19.1 Å². The Kier molecular flexibility index (Phi) is 6.05. The Morgan fingerprint density at radius 2 is 2.07 bits per heavy atom. The summed E-state index contributed by atoms with van der Waals surface area (Å²) in [7, 11) is 0. The van der Waals surface area contributed by atoms with E-state index in [9.17, 15) is 9.59 Å². The van der Waals surface area contributed by atoms with E-state index in [1.54, 1.807) is 37.3 Å². The van der Waals surface area contributed by atoms with Gasteiger partial charge < -0.3 is 9.47 Å². The number of hydrogen-bond donors (Lipinski definition) is 0. The maximum Gasteiger partial charge on any atom is 0.345 e. The Bertz CT molecular complexity index is 1150. The molecule has 2 aromatic carbocycles. The largest absolute Gasteiger partial charge is 0.487 e. The molecule has 0 aliphatic heterocycles. The van der Waals surface area contributed by atoms with Crippen LogP contribution in [0.2, 0.25) is 0 Å². The number of benzene rings is 2. The molecular formula is C22H19N3O4. The monoisotopic (exact) mass is 389 g/mol. The minimum Gasteiger partial charge on any atom is -0.487 e. The van der Waals surface area contributed by atoms with E-state index in [0.29, 0.717) is 17.0 Å². The van der Waals surface area contributed by atoms with Gasteiger partial charge >= 0.3 is 5.97 Å². The molecule has 0 bridgehead atoms. The lowest BCUT2D eigenvalue weighted by Crippen LogP contribution is -2.27. The first-order chi connectivity index (χ1) is 14.0. The van der Waals surface area contributed by atoms with Crippen molar-refractivity contribution in [2.45, 2.75) is 20.5 Å². The van der Waals surface area contributed by atoms with Crippen LogP contribution in [0.25, 0.3) is 5.69 Å². The van der Waals surface area contributed by atoms with Gasteiger partial charge in [-0.1, -0.05) is 18.2 Å². The van der Waals surface area contributed by atoms with E-state index in [-0.39, 0.29) is 18.8 Å². The highest BCUT2D eigenvalue weighted by Gasteiger charge is 2.17. The van der Waals surface area contributed by atoms with E-state index in [1.165, 1.54) is 17.1 Å². The second-order valence-electron chi connectivity index (χ2n) is 6.27. The summed E-state index contributed by atoms with van der Waals surface area (Å²) in [5.74, 6) is -0.264. The van der Waals surface area contributed by atoms with E-state index in [2.05, 4.69) is 11.1 Å². The van der Waals surface area contributed by atoms with Gasteiger partial charge in [0.2, 0.25) is 0 Å². The molecule has 0 saturated heterocycles. The maximum absolute atomic E-state index is 12.8. The van der Waals surface area contributed by atoms with Crippen LogP contribution in [0.1, 0.15) is 34.0 Å². The minimum atomic E-state index is -0.720. The molecule has 0 saturated carbocycles. The van der Waals surface area contributed by atoms with Gasteiger partial charge in [0.15, 0.2) is 0 Å². The number of carbonyl (C=O) groups excluding carboxylic acids is 1. The van der Waals surface area contributed by atoms with Gasteiger partial charge in [0.25, 0.3) is 5.56 Å². The molecule has 7 nitrogen and oxygen atoms in total. The molecule has 0 fully saturated rings. The number of hydrogen-bond acceptors (Lipinski definition) is 6. The van der Waals surface area contributed by atoms with Gasteiger partial charge in [0, 0.05) is 6.20 Å². The SMILES string of the molecule is CCOC(=O)c1cncn(-c2ccc(C)cc2OCc2cccc(C#N)c2)c1=O. The molecule has 146 valence electrons. The molecule has 7 heteroatoms. The summed E-state index contributed by atoms with van der Waals surface area (Å²) in [6.07, 6.45) is 2.53. The normalized spacial score (nSPS) is 10.2. The van der Waals surface area contributed by atoms with Gasteiger partial charge in [-0.05, 0) is 49.2 Å². The summed E-state index contributed by atoms with van der Waals surface area (Å²) in [6, 6.07) is 14.6. The van der Waals surface area contributed by atoms with Crippen LogP contribution in [0.15, 0.2) is 59.8 Å². The van der Waals surface area contributed by atoms with E-state index < -0.39 is 11.5 Å². The molecule has 29 heavy (non-hydrogen) atoms. The average molecular weight is 389 g/mol. The molecule has 3 aromatic rings. The number of rotatable bonds is 6. The zero-order valence-electron chi connectivity index (χ0n) is 16.1. The van der Waals surface area contributed by atoms with E-state index in [0.717, 1.165) is 11.1 Å². The zero-order chi connectivity index (χ0) is 20.8. The lowest BCUT2D eigenvalue weighted by molar-refractivity contribution is 0.0523. The molecule has 0 amide bonds. The van der Waals surface area contributed by atoms with Gasteiger partial charge in [-0.25, -0.2) is 9.78 Å². The van der Waals surface area contributed by atoms with Crippen LogP contribution in [0, 0.1) is 18.3 Å². The molecule has 1 heterocycles. The first kappa shape index (κ1) is 19.8. The summed E-state index contributed by atoms with van der Waals surface area (Å²) < 4.78 is 12.1. The van der Waals surface area contributed by atoms with E-state index >= 15 is 0 Å². The first-order valence-electron chi connectivity index (χ1n) is 9.00. The summed E-state index contributed by atoms with van der Waals surface area (Å²) in [6.45, 7) is 3.95. The summed E-state index contributed by atoms with van der Waals surface area (Å²) >= 11 is 0. The van der Waals surface area contributed by atoms with Gasteiger partial charge in [0.1, 0.15) is 24.2 Å². The van der Waals surface area contributed by atoms with Crippen molar-refractivity contribution in [3.05, 3.63) is 87.6 Å². The van der Waals surface area contributed by atoms with Crippen LogP contribution in [-0.2, 0) is 11.3 Å². The fourth-order valence-corrected chi connectivity index (χ4v) is 2.76. The second-order valence-corrected chi connectivity index (χ2v) is 6.27. The Hall–Kier alpha value is -3.92. The Morgan fingerprint density at radius 3 is 2.83 bits per heavy atom. The van der Waals surface area contributed by atoms with Gasteiger partial charge in [-0.15, -0.1) is 0 Å². The smallest absolute Gasteiger partial charge is 0.345 e. The zero-order valence-corrected chi connectivity index (χ0v) is 16.1. The van der Waals surface area contributed by atoms with Gasteiger partial charge in [-0.3, -0.25) is 9.36 Å². The highest BCUT2D eigenvalue weighted by molar-refractivity contribution is 5.88. The Labute approximate surface area is 167 Å². The molecular weight excluding hydrogens is 370 g/mol. The maximum atomic E-state index is 12.8. The predicted octanol–water partition coefficient (Wildman–Crippen LogP) is 3.17. The van der Waals surface area contributed by atoms with Crippen molar-refractivity contribution in [1.29, 1.82) is 5.26 Å². The molecule has 0 aliphatic rings. The predicted molar refractivity (Wildman–Crippen MR) is 106 cm³/mol. The third-order valence-corrected chi connectivity index (χ3v) is 4.16. The fraction of sp³-hybridized carbons (Fsp3) is 0.182. The quantitative estimate of drug-likeness (QED) is 0.601. The number of aryl methyl sites for hydroxylation is 1. The number of esters is 1. The van der Waals surface area contributed by atoms with Crippen molar-refractivity contribution in [1.82, 2.24) is 9.55 Å². The standard InChI is InChI=1S/C22H19N3O4/c1-3-28-22(27)18-12-24-14-25(21(18)26)19-8-7-15(2)9-20(19)29-13-17-6-4-5-16(10-17)11-23/h4-10,12,14H,3,13H2,1-2H3. The lowest BCUT2D eigenvalue weighted by Gasteiger charge is -2.14. The average Bonchev–Trinajstić information content (AvgIpc) is 2.73. The van der Waals surface area contributed by atoms with Crippen molar-refractivity contribution in [2.24, 2.45) is 0 Å². The van der Waals surface area contributed by atoms with Crippen molar-refractivity contribution in [3.63, 3.8) is 0 Å². The van der Waals surface area contributed by atoms with Crippen LogP contribution in [0.3, 0.4) is 0 Å². The Balaban J connectivity index is 1.97. The lowest BCUT2D eigenvalue weighted by atomic mass is 10.1.